The van der Waals surface area contributed by atoms with Crippen molar-refractivity contribution >= 4 is 11.0 Å². The summed E-state index contributed by atoms with van der Waals surface area (Å²) < 4.78 is 8.02. The highest BCUT2D eigenvalue weighted by molar-refractivity contribution is 5.75. The Balaban J connectivity index is 1.66. The lowest BCUT2D eigenvalue weighted by Crippen LogP contribution is -2.14. The Bertz CT molecular complexity index is 561. The molecule has 18 heavy (non-hydrogen) atoms. The van der Waals surface area contributed by atoms with Gasteiger partial charge in [0.2, 0.25) is 0 Å². The van der Waals surface area contributed by atoms with Gasteiger partial charge >= 0.3 is 0 Å². The lowest BCUT2D eigenvalue weighted by Gasteiger charge is -2.08. The van der Waals surface area contributed by atoms with Crippen molar-refractivity contribution in [1.82, 2.24) is 14.5 Å². The standard InChI is InChI=1S/C14H17N3O/c1-2-3-4-5-6-11-10-17-13-7-8-15-9-12(13)16-14(17)18-11/h2,7-9,11H,1,3-6,10H2. The largest absolute Gasteiger partial charge is 0.459 e. The van der Waals surface area contributed by atoms with Gasteiger partial charge in [-0.15, -0.1) is 6.58 Å². The highest BCUT2D eigenvalue weighted by Crippen LogP contribution is 2.28. The second-order valence-electron chi connectivity index (χ2n) is 4.68. The molecule has 3 rings (SSSR count). The molecule has 94 valence electrons. The van der Waals surface area contributed by atoms with Gasteiger partial charge in [0.05, 0.1) is 18.3 Å². The van der Waals surface area contributed by atoms with Gasteiger partial charge in [0, 0.05) is 6.20 Å². The predicted molar refractivity (Wildman–Crippen MR) is 70.6 cm³/mol. The zero-order valence-electron chi connectivity index (χ0n) is 10.4. The molecule has 0 saturated heterocycles. The van der Waals surface area contributed by atoms with Crippen LogP contribution in [0.25, 0.3) is 11.0 Å². The number of imidazole rings is 1. The van der Waals surface area contributed by atoms with Crippen molar-refractivity contribution in [3.05, 3.63) is 31.1 Å². The Kier molecular flexibility index (Phi) is 3.00. The van der Waals surface area contributed by atoms with E-state index in [4.69, 9.17) is 4.74 Å². The summed E-state index contributed by atoms with van der Waals surface area (Å²) in [5.41, 5.74) is 2.03. The summed E-state index contributed by atoms with van der Waals surface area (Å²) in [5.74, 6) is 0. The number of pyridine rings is 1. The highest BCUT2D eigenvalue weighted by Gasteiger charge is 2.25. The minimum absolute atomic E-state index is 0.273. The summed E-state index contributed by atoms with van der Waals surface area (Å²) in [6.07, 6.45) is 10.4. The van der Waals surface area contributed by atoms with Gasteiger partial charge in [0.1, 0.15) is 11.6 Å². The number of rotatable bonds is 5. The molecular weight excluding hydrogens is 226 g/mol. The summed E-state index contributed by atoms with van der Waals surface area (Å²) in [6.45, 7) is 4.64. The number of ether oxygens (including phenoxy) is 1. The van der Waals surface area contributed by atoms with Gasteiger partial charge in [-0.3, -0.25) is 9.55 Å². The lowest BCUT2D eigenvalue weighted by molar-refractivity contribution is 0.210. The van der Waals surface area contributed by atoms with Crippen LogP contribution in [0.2, 0.25) is 0 Å². The van der Waals surface area contributed by atoms with E-state index in [1.165, 1.54) is 12.8 Å². The second kappa shape index (κ2) is 4.80. The second-order valence-corrected chi connectivity index (χ2v) is 4.68. The van der Waals surface area contributed by atoms with Crippen LogP contribution in [0, 0.1) is 0 Å². The van der Waals surface area contributed by atoms with Gasteiger partial charge in [-0.2, -0.15) is 4.98 Å². The number of fused-ring (bicyclic) bond motifs is 3. The van der Waals surface area contributed by atoms with Gasteiger partial charge in [-0.05, 0) is 31.7 Å². The highest BCUT2D eigenvalue weighted by atomic mass is 16.5. The molecule has 1 aliphatic rings. The first kappa shape index (κ1) is 11.3. The van der Waals surface area contributed by atoms with Crippen LogP contribution >= 0.6 is 0 Å². The summed E-state index contributed by atoms with van der Waals surface area (Å²) in [7, 11) is 0. The summed E-state index contributed by atoms with van der Waals surface area (Å²) in [6, 6.07) is 2.74. The molecule has 0 radical (unpaired) electrons. The quantitative estimate of drug-likeness (QED) is 0.598. The number of unbranched alkanes of at least 4 members (excludes halogenated alkanes) is 2. The average Bonchev–Trinajstić information content (AvgIpc) is 2.91. The molecular formula is C14H17N3O. The van der Waals surface area contributed by atoms with E-state index >= 15 is 0 Å². The summed E-state index contributed by atoms with van der Waals surface area (Å²) >= 11 is 0. The van der Waals surface area contributed by atoms with E-state index in [1.807, 2.05) is 12.1 Å². The molecule has 0 bridgehead atoms. The van der Waals surface area contributed by atoms with Crippen LogP contribution in [0.15, 0.2) is 31.1 Å². The molecule has 1 unspecified atom stereocenters. The van der Waals surface area contributed by atoms with Crippen molar-refractivity contribution in [2.45, 2.75) is 38.3 Å². The van der Waals surface area contributed by atoms with Gasteiger partial charge in [-0.1, -0.05) is 6.08 Å². The number of hydrogen-bond acceptors (Lipinski definition) is 3. The van der Waals surface area contributed by atoms with Crippen molar-refractivity contribution in [2.75, 3.05) is 0 Å². The summed E-state index contributed by atoms with van der Waals surface area (Å²) in [4.78, 5) is 8.52. The first-order valence-corrected chi connectivity index (χ1v) is 6.46. The first-order valence-electron chi connectivity index (χ1n) is 6.46. The van der Waals surface area contributed by atoms with Crippen LogP contribution in [0.4, 0.5) is 0 Å². The molecule has 4 heteroatoms. The Morgan fingerprint density at radius 3 is 3.33 bits per heavy atom. The van der Waals surface area contributed by atoms with Crippen LogP contribution in [-0.2, 0) is 6.54 Å². The fraction of sp³-hybridized carbons (Fsp3) is 0.429. The van der Waals surface area contributed by atoms with Crippen LogP contribution in [0.3, 0.4) is 0 Å². The number of nitrogens with zero attached hydrogens (tertiary/aromatic N) is 3. The molecule has 1 atom stereocenters. The first-order chi connectivity index (χ1) is 8.88. The maximum absolute atomic E-state index is 5.87. The molecule has 0 aromatic carbocycles. The van der Waals surface area contributed by atoms with E-state index in [1.54, 1.807) is 12.4 Å². The molecule has 4 nitrogen and oxygen atoms in total. The Morgan fingerprint density at radius 2 is 2.44 bits per heavy atom. The predicted octanol–water partition coefficient (Wildman–Crippen LogP) is 2.94. The average molecular weight is 243 g/mol. The fourth-order valence-electron chi connectivity index (χ4n) is 2.43. The maximum Gasteiger partial charge on any atom is 0.297 e. The van der Waals surface area contributed by atoms with E-state index < -0.39 is 0 Å². The fourth-order valence-corrected chi connectivity index (χ4v) is 2.43. The van der Waals surface area contributed by atoms with Gasteiger partial charge in [-0.25, -0.2) is 0 Å². The van der Waals surface area contributed by atoms with Gasteiger partial charge < -0.3 is 4.74 Å². The van der Waals surface area contributed by atoms with Crippen molar-refractivity contribution in [3.8, 4) is 6.01 Å². The monoisotopic (exact) mass is 243 g/mol. The van der Waals surface area contributed by atoms with Gasteiger partial charge in [0.15, 0.2) is 0 Å². The summed E-state index contributed by atoms with van der Waals surface area (Å²) in [5, 5.41) is 0. The molecule has 0 aliphatic carbocycles. The number of allylic oxidation sites excluding steroid dienone is 1. The van der Waals surface area contributed by atoms with E-state index in [0.29, 0.717) is 0 Å². The molecule has 1 aliphatic heterocycles. The normalized spacial score (nSPS) is 17.7. The van der Waals surface area contributed by atoms with Crippen LogP contribution in [-0.4, -0.2) is 20.6 Å². The van der Waals surface area contributed by atoms with Crippen LogP contribution in [0.5, 0.6) is 6.01 Å². The molecule has 2 aromatic rings. The Hall–Kier alpha value is -1.84. The third-order valence-corrected chi connectivity index (χ3v) is 3.36. The molecule has 2 aromatic heterocycles. The van der Waals surface area contributed by atoms with E-state index in [0.717, 1.165) is 36.4 Å². The van der Waals surface area contributed by atoms with Crippen molar-refractivity contribution in [2.24, 2.45) is 0 Å². The molecule has 0 fully saturated rings. The minimum Gasteiger partial charge on any atom is -0.459 e. The van der Waals surface area contributed by atoms with Crippen molar-refractivity contribution in [1.29, 1.82) is 0 Å². The minimum atomic E-state index is 0.273. The molecule has 0 N–H and O–H groups in total. The molecule has 3 heterocycles. The molecule has 0 saturated carbocycles. The topological polar surface area (TPSA) is 39.9 Å². The number of aromatic nitrogens is 3. The smallest absolute Gasteiger partial charge is 0.297 e. The van der Waals surface area contributed by atoms with E-state index in [2.05, 4.69) is 21.1 Å². The van der Waals surface area contributed by atoms with E-state index in [9.17, 15) is 0 Å². The third kappa shape index (κ3) is 1.98. The zero-order valence-corrected chi connectivity index (χ0v) is 10.4. The van der Waals surface area contributed by atoms with Crippen LogP contribution in [0.1, 0.15) is 25.7 Å². The Morgan fingerprint density at radius 1 is 1.50 bits per heavy atom. The third-order valence-electron chi connectivity index (χ3n) is 3.36. The van der Waals surface area contributed by atoms with Crippen molar-refractivity contribution < 1.29 is 4.74 Å². The molecule has 0 amide bonds. The SMILES string of the molecule is C=CCCCCC1Cn2c(nc3cnccc32)O1. The van der Waals surface area contributed by atoms with E-state index in [-0.39, 0.29) is 6.10 Å². The van der Waals surface area contributed by atoms with Crippen LogP contribution < -0.4 is 4.74 Å². The zero-order chi connectivity index (χ0) is 12.4. The Labute approximate surface area is 106 Å². The molecule has 0 spiro atoms. The number of hydrogen-bond donors (Lipinski definition) is 0. The van der Waals surface area contributed by atoms with Crippen molar-refractivity contribution in [3.63, 3.8) is 0 Å². The lowest BCUT2D eigenvalue weighted by atomic mass is 10.1. The van der Waals surface area contributed by atoms with Gasteiger partial charge in [0.25, 0.3) is 6.01 Å². The maximum atomic E-state index is 5.87.